The maximum Gasteiger partial charge on any atom is 0.387 e. The van der Waals surface area contributed by atoms with Crippen molar-refractivity contribution in [1.82, 2.24) is 9.71 Å². The molecular weight excluding hydrogens is 428 g/mol. The monoisotopic (exact) mass is 443 g/mol. The fourth-order valence-corrected chi connectivity index (χ4v) is 3.84. The van der Waals surface area contributed by atoms with Crippen molar-refractivity contribution in [2.24, 2.45) is 0 Å². The minimum atomic E-state index is -3.80. The molecule has 0 fully saturated rings. The van der Waals surface area contributed by atoms with Crippen molar-refractivity contribution in [2.45, 2.75) is 18.6 Å². The van der Waals surface area contributed by atoms with Gasteiger partial charge in [-0.3, -0.25) is 10.1 Å². The van der Waals surface area contributed by atoms with Gasteiger partial charge < -0.3 is 9.15 Å². The van der Waals surface area contributed by atoms with Gasteiger partial charge in [0.1, 0.15) is 5.75 Å². The Labute approximate surface area is 168 Å². The van der Waals surface area contributed by atoms with Crippen molar-refractivity contribution in [1.29, 1.82) is 0 Å². The molecule has 0 saturated carbocycles. The average Bonchev–Trinajstić information content (AvgIpc) is 3.29. The van der Waals surface area contributed by atoms with Gasteiger partial charge in [-0.15, -0.1) is 11.3 Å². The summed E-state index contributed by atoms with van der Waals surface area (Å²) in [4.78, 5) is 17.4. The second-order valence-electron chi connectivity index (χ2n) is 5.61. The summed E-state index contributed by atoms with van der Waals surface area (Å²) < 4.78 is 59.3. The van der Waals surface area contributed by atoms with Crippen LogP contribution in [0.25, 0.3) is 11.3 Å². The number of alkyl halides is 2. The molecule has 0 bridgehead atoms. The van der Waals surface area contributed by atoms with Gasteiger partial charge in [-0.25, -0.2) is 18.1 Å². The molecule has 12 heteroatoms. The summed E-state index contributed by atoms with van der Waals surface area (Å²) in [6.45, 7) is -1.12. The molecule has 2 N–H and O–H groups in total. The van der Waals surface area contributed by atoms with Crippen LogP contribution in [0.15, 0.2) is 45.9 Å². The van der Waals surface area contributed by atoms with Gasteiger partial charge in [0.05, 0.1) is 5.69 Å². The number of halogens is 2. The first kappa shape index (κ1) is 20.9. The van der Waals surface area contributed by atoms with Crippen LogP contribution in [-0.4, -0.2) is 33.0 Å². The van der Waals surface area contributed by atoms with E-state index in [9.17, 15) is 22.0 Å². The second-order valence-corrected chi connectivity index (χ2v) is 8.63. The predicted octanol–water partition coefficient (Wildman–Crippen LogP) is 3.47. The van der Waals surface area contributed by atoms with Crippen LogP contribution in [0.5, 0.6) is 5.75 Å². The van der Waals surface area contributed by atoms with Gasteiger partial charge in [-0.2, -0.15) is 8.78 Å². The first-order chi connectivity index (χ1) is 13.7. The zero-order valence-electron chi connectivity index (χ0n) is 15.1. The zero-order chi connectivity index (χ0) is 21.2. The number of aromatic nitrogens is 1. The Balaban J connectivity index is 1.76. The molecule has 0 atom stereocenters. The highest BCUT2D eigenvalue weighted by Gasteiger charge is 2.21. The number of furan rings is 1. The second kappa shape index (κ2) is 8.27. The third kappa shape index (κ3) is 4.78. The lowest BCUT2D eigenvalue weighted by Crippen LogP contribution is -2.18. The molecule has 29 heavy (non-hydrogen) atoms. The number of hydrogen-bond acceptors (Lipinski definition) is 7. The number of hydrogen-bond donors (Lipinski definition) is 2. The van der Waals surface area contributed by atoms with Crippen LogP contribution in [0.3, 0.4) is 0 Å². The molecule has 0 aliphatic heterocycles. The fraction of sp³-hybridized carbons (Fsp3) is 0.176. The summed E-state index contributed by atoms with van der Waals surface area (Å²) in [5.74, 6) is -0.833. The summed E-state index contributed by atoms with van der Waals surface area (Å²) in [7, 11) is -2.57. The number of ether oxygens (including phenoxy) is 1. The lowest BCUT2D eigenvalue weighted by molar-refractivity contribution is -0.0498. The van der Waals surface area contributed by atoms with Crippen molar-refractivity contribution in [3.05, 3.63) is 47.0 Å². The van der Waals surface area contributed by atoms with Crippen molar-refractivity contribution in [3.63, 3.8) is 0 Å². The van der Waals surface area contributed by atoms with Crippen LogP contribution in [0.1, 0.15) is 15.4 Å². The Morgan fingerprint density at radius 3 is 2.52 bits per heavy atom. The average molecular weight is 443 g/mol. The number of amides is 1. The lowest BCUT2D eigenvalue weighted by atomic mass is 10.1. The van der Waals surface area contributed by atoms with Crippen molar-refractivity contribution in [3.8, 4) is 17.0 Å². The molecule has 3 aromatic rings. The molecule has 2 aromatic heterocycles. The Kier molecular flexibility index (Phi) is 5.96. The summed E-state index contributed by atoms with van der Waals surface area (Å²) in [6, 6.07) is 8.35. The number of thiazole rings is 1. The van der Waals surface area contributed by atoms with Gasteiger partial charge in [0, 0.05) is 10.4 Å². The minimum absolute atomic E-state index is 0.0234. The maximum absolute atomic E-state index is 12.3. The van der Waals surface area contributed by atoms with E-state index in [1.807, 2.05) is 0 Å². The van der Waals surface area contributed by atoms with E-state index in [1.165, 1.54) is 42.6 Å². The largest absolute Gasteiger partial charge is 0.438 e. The smallest absolute Gasteiger partial charge is 0.387 e. The zero-order valence-corrected chi connectivity index (χ0v) is 16.7. The molecule has 0 saturated heterocycles. The third-order valence-corrected chi connectivity index (χ3v) is 5.88. The molecule has 0 unspecified atom stereocenters. The molecule has 154 valence electrons. The molecular formula is C17H15F2N3O5S2. The van der Waals surface area contributed by atoms with E-state index in [-0.39, 0.29) is 21.7 Å². The molecule has 0 aliphatic rings. The van der Waals surface area contributed by atoms with Crippen LogP contribution < -0.4 is 14.8 Å². The molecule has 0 aliphatic carbocycles. The standard InChI is InChI=1S/C17H15F2N3O5S2/c1-9-14(10-3-5-11(6-4-10)26-16(18)19)21-17(28-9)22-15(23)12-7-8-13(27-12)29(24,25)20-2/h3-8,16,20H,1-2H3,(H,21,22,23). The highest BCUT2D eigenvalue weighted by Crippen LogP contribution is 2.32. The lowest BCUT2D eigenvalue weighted by Gasteiger charge is -2.05. The van der Waals surface area contributed by atoms with Crippen LogP contribution in [0.2, 0.25) is 0 Å². The van der Waals surface area contributed by atoms with Gasteiger partial charge in [0.2, 0.25) is 5.09 Å². The summed E-state index contributed by atoms with van der Waals surface area (Å²) in [6.07, 6.45) is 0. The van der Waals surface area contributed by atoms with Crippen molar-refractivity contribution >= 4 is 32.4 Å². The summed E-state index contributed by atoms with van der Waals surface area (Å²) in [5, 5.41) is 2.43. The number of benzene rings is 1. The van der Waals surface area contributed by atoms with E-state index in [0.29, 0.717) is 11.3 Å². The molecule has 1 aromatic carbocycles. The van der Waals surface area contributed by atoms with Gasteiger partial charge in [0.25, 0.3) is 15.9 Å². The number of nitrogens with one attached hydrogen (secondary N) is 2. The van der Waals surface area contributed by atoms with Gasteiger partial charge in [-0.05, 0) is 50.4 Å². The number of sulfonamides is 1. The molecule has 3 rings (SSSR count). The van der Waals surface area contributed by atoms with E-state index in [4.69, 9.17) is 4.42 Å². The van der Waals surface area contributed by atoms with Gasteiger partial charge in [-0.1, -0.05) is 0 Å². The first-order valence-corrected chi connectivity index (χ1v) is 10.4. The quantitative estimate of drug-likeness (QED) is 0.579. The number of carbonyl (C=O) groups is 1. The van der Waals surface area contributed by atoms with Crippen LogP contribution in [0.4, 0.5) is 13.9 Å². The number of anilines is 1. The first-order valence-electron chi connectivity index (χ1n) is 8.07. The molecule has 0 radical (unpaired) electrons. The fourth-order valence-electron chi connectivity index (χ4n) is 2.36. The van der Waals surface area contributed by atoms with Crippen molar-refractivity contribution in [2.75, 3.05) is 12.4 Å². The van der Waals surface area contributed by atoms with Gasteiger partial charge >= 0.3 is 6.61 Å². The van der Waals surface area contributed by atoms with E-state index in [0.717, 1.165) is 4.88 Å². The Bertz CT molecular complexity index is 1120. The maximum atomic E-state index is 12.3. The van der Waals surface area contributed by atoms with E-state index >= 15 is 0 Å². The predicted molar refractivity (Wildman–Crippen MR) is 102 cm³/mol. The topological polar surface area (TPSA) is 111 Å². The number of rotatable bonds is 7. The van der Waals surface area contributed by atoms with Crippen molar-refractivity contribution < 1.29 is 31.1 Å². The SMILES string of the molecule is CNS(=O)(=O)c1ccc(C(=O)Nc2nc(-c3ccc(OC(F)F)cc3)c(C)s2)o1. The summed E-state index contributed by atoms with van der Waals surface area (Å²) in [5.41, 5.74) is 1.22. The summed E-state index contributed by atoms with van der Waals surface area (Å²) >= 11 is 1.20. The number of carbonyl (C=O) groups excluding carboxylic acids is 1. The Hall–Kier alpha value is -2.83. The highest BCUT2D eigenvalue weighted by molar-refractivity contribution is 7.89. The van der Waals surface area contributed by atoms with Crippen LogP contribution in [0, 0.1) is 6.92 Å². The van der Waals surface area contributed by atoms with Crippen LogP contribution in [-0.2, 0) is 10.0 Å². The molecule has 1 amide bonds. The third-order valence-electron chi connectivity index (χ3n) is 3.71. The molecule has 0 spiro atoms. The Morgan fingerprint density at radius 2 is 1.90 bits per heavy atom. The molecule has 2 heterocycles. The number of nitrogens with zero attached hydrogens (tertiary/aromatic N) is 1. The number of aryl methyl sites for hydroxylation is 1. The molecule has 8 nitrogen and oxygen atoms in total. The van der Waals surface area contributed by atoms with E-state index in [2.05, 4.69) is 19.8 Å². The van der Waals surface area contributed by atoms with Crippen LogP contribution >= 0.6 is 11.3 Å². The van der Waals surface area contributed by atoms with E-state index < -0.39 is 22.5 Å². The normalized spacial score (nSPS) is 11.6. The highest BCUT2D eigenvalue weighted by atomic mass is 32.2. The minimum Gasteiger partial charge on any atom is -0.438 e. The van der Waals surface area contributed by atoms with Gasteiger partial charge in [0.15, 0.2) is 10.9 Å². The Morgan fingerprint density at radius 1 is 1.21 bits per heavy atom. The van der Waals surface area contributed by atoms with E-state index in [1.54, 1.807) is 19.1 Å².